The zero-order valence-electron chi connectivity index (χ0n) is 10.9. The van der Waals surface area contributed by atoms with E-state index in [1.54, 1.807) is 6.92 Å². The molecule has 2 unspecified atom stereocenters. The molecule has 17 heavy (non-hydrogen) atoms. The van der Waals surface area contributed by atoms with Crippen molar-refractivity contribution in [2.24, 2.45) is 5.92 Å². The van der Waals surface area contributed by atoms with Crippen LogP contribution in [0.2, 0.25) is 0 Å². The Kier molecular flexibility index (Phi) is 4.29. The van der Waals surface area contributed by atoms with Gasteiger partial charge in [-0.05, 0) is 31.4 Å². The van der Waals surface area contributed by atoms with Gasteiger partial charge in [0, 0.05) is 0 Å². The van der Waals surface area contributed by atoms with Crippen LogP contribution in [-0.4, -0.2) is 18.2 Å². The highest BCUT2D eigenvalue weighted by atomic mass is 16.5. The highest BCUT2D eigenvalue weighted by Gasteiger charge is 2.39. The molecule has 0 bridgehead atoms. The second kappa shape index (κ2) is 5.32. The average molecular weight is 236 g/mol. The lowest BCUT2D eigenvalue weighted by atomic mass is 9.79. The summed E-state index contributed by atoms with van der Waals surface area (Å²) in [5.74, 6) is -0.922. The summed E-state index contributed by atoms with van der Waals surface area (Å²) in [5.41, 5.74) is 0.546. The third-order valence-electron chi connectivity index (χ3n) is 3.26. The van der Waals surface area contributed by atoms with Crippen LogP contribution in [0.25, 0.3) is 0 Å². The van der Waals surface area contributed by atoms with E-state index in [-0.39, 0.29) is 5.97 Å². The summed E-state index contributed by atoms with van der Waals surface area (Å²) in [6, 6.07) is 7.55. The molecule has 0 saturated carbocycles. The first-order chi connectivity index (χ1) is 7.95. The van der Waals surface area contributed by atoms with Gasteiger partial charge in [0.05, 0.1) is 13.0 Å². The molecule has 0 aromatic heterocycles. The molecule has 0 saturated heterocycles. The van der Waals surface area contributed by atoms with Crippen molar-refractivity contribution < 1.29 is 14.6 Å². The summed E-state index contributed by atoms with van der Waals surface area (Å²) < 4.78 is 4.75. The van der Waals surface area contributed by atoms with Crippen molar-refractivity contribution in [1.29, 1.82) is 0 Å². The van der Waals surface area contributed by atoms with Crippen LogP contribution in [-0.2, 0) is 15.1 Å². The molecule has 1 aromatic carbocycles. The molecule has 0 radical (unpaired) electrons. The Bertz CT molecular complexity index is 396. The van der Waals surface area contributed by atoms with E-state index in [1.807, 2.05) is 38.1 Å². The van der Waals surface area contributed by atoms with Crippen molar-refractivity contribution in [3.63, 3.8) is 0 Å². The SMILES string of the molecule is CCC(C(=O)OC)C(C)(O)c1ccccc1C. The van der Waals surface area contributed by atoms with Crippen LogP contribution in [0.3, 0.4) is 0 Å². The van der Waals surface area contributed by atoms with Crippen LogP contribution in [0.5, 0.6) is 0 Å². The number of ether oxygens (including phenoxy) is 1. The molecule has 2 atom stereocenters. The fourth-order valence-corrected chi connectivity index (χ4v) is 2.26. The minimum atomic E-state index is -1.20. The van der Waals surface area contributed by atoms with Gasteiger partial charge in [-0.2, -0.15) is 0 Å². The van der Waals surface area contributed by atoms with E-state index in [0.29, 0.717) is 6.42 Å². The van der Waals surface area contributed by atoms with Gasteiger partial charge in [-0.15, -0.1) is 0 Å². The molecular weight excluding hydrogens is 216 g/mol. The van der Waals surface area contributed by atoms with E-state index in [4.69, 9.17) is 4.74 Å². The minimum absolute atomic E-state index is 0.374. The fourth-order valence-electron chi connectivity index (χ4n) is 2.26. The van der Waals surface area contributed by atoms with E-state index in [9.17, 15) is 9.90 Å². The number of aliphatic hydroxyl groups is 1. The predicted molar refractivity (Wildman–Crippen MR) is 66.5 cm³/mol. The summed E-state index contributed by atoms with van der Waals surface area (Å²) in [5, 5.41) is 10.6. The Labute approximate surface area is 102 Å². The average Bonchev–Trinajstić information content (AvgIpc) is 2.29. The maximum Gasteiger partial charge on any atom is 0.311 e. The summed E-state index contributed by atoms with van der Waals surface area (Å²) >= 11 is 0. The van der Waals surface area contributed by atoms with Crippen LogP contribution >= 0.6 is 0 Å². The topological polar surface area (TPSA) is 46.5 Å². The number of hydrogen-bond donors (Lipinski definition) is 1. The van der Waals surface area contributed by atoms with Gasteiger partial charge >= 0.3 is 5.97 Å². The fraction of sp³-hybridized carbons (Fsp3) is 0.500. The lowest BCUT2D eigenvalue weighted by Gasteiger charge is -2.32. The van der Waals surface area contributed by atoms with Crippen molar-refractivity contribution in [3.05, 3.63) is 35.4 Å². The first-order valence-corrected chi connectivity index (χ1v) is 5.81. The number of rotatable bonds is 4. The Balaban J connectivity index is 3.17. The summed E-state index contributed by atoms with van der Waals surface area (Å²) in [6.07, 6.45) is 0.536. The van der Waals surface area contributed by atoms with Gasteiger partial charge in [-0.1, -0.05) is 31.2 Å². The number of methoxy groups -OCH3 is 1. The van der Waals surface area contributed by atoms with Crippen LogP contribution in [0, 0.1) is 12.8 Å². The first-order valence-electron chi connectivity index (χ1n) is 5.81. The van der Waals surface area contributed by atoms with E-state index in [0.717, 1.165) is 11.1 Å². The molecule has 0 aliphatic rings. The molecule has 0 amide bonds. The lowest BCUT2D eigenvalue weighted by Crippen LogP contribution is -2.38. The molecule has 94 valence electrons. The molecule has 1 aromatic rings. The largest absolute Gasteiger partial charge is 0.469 e. The quantitative estimate of drug-likeness (QED) is 0.816. The second-order valence-electron chi connectivity index (χ2n) is 4.45. The molecule has 3 heteroatoms. The third kappa shape index (κ3) is 2.67. The van der Waals surface area contributed by atoms with Gasteiger partial charge in [0.1, 0.15) is 5.60 Å². The van der Waals surface area contributed by atoms with E-state index in [2.05, 4.69) is 0 Å². The molecule has 0 fully saturated rings. The van der Waals surface area contributed by atoms with Crippen molar-refractivity contribution >= 4 is 5.97 Å². The third-order valence-corrected chi connectivity index (χ3v) is 3.26. The van der Waals surface area contributed by atoms with E-state index in [1.165, 1.54) is 7.11 Å². The van der Waals surface area contributed by atoms with E-state index >= 15 is 0 Å². The van der Waals surface area contributed by atoms with E-state index < -0.39 is 11.5 Å². The maximum absolute atomic E-state index is 11.7. The summed E-state index contributed by atoms with van der Waals surface area (Å²) in [6.45, 7) is 5.46. The summed E-state index contributed by atoms with van der Waals surface area (Å²) in [4.78, 5) is 11.7. The molecule has 1 rings (SSSR count). The number of hydrogen-bond acceptors (Lipinski definition) is 3. The number of aryl methyl sites for hydroxylation is 1. The van der Waals surface area contributed by atoms with Crippen molar-refractivity contribution in [2.75, 3.05) is 7.11 Å². The Morgan fingerprint density at radius 2 is 2.06 bits per heavy atom. The number of carbonyl (C=O) groups excluding carboxylic acids is 1. The molecule has 0 aliphatic carbocycles. The molecule has 0 spiro atoms. The zero-order valence-corrected chi connectivity index (χ0v) is 10.9. The maximum atomic E-state index is 11.7. The van der Waals surface area contributed by atoms with Crippen molar-refractivity contribution in [2.45, 2.75) is 32.8 Å². The highest BCUT2D eigenvalue weighted by Crippen LogP contribution is 2.34. The van der Waals surface area contributed by atoms with Gasteiger partial charge < -0.3 is 9.84 Å². The van der Waals surface area contributed by atoms with Gasteiger partial charge in [-0.3, -0.25) is 4.79 Å². The molecule has 0 aliphatic heterocycles. The monoisotopic (exact) mass is 236 g/mol. The van der Waals surface area contributed by atoms with Gasteiger partial charge in [-0.25, -0.2) is 0 Å². The van der Waals surface area contributed by atoms with Gasteiger partial charge in [0.25, 0.3) is 0 Å². The molecular formula is C14H20O3. The Hall–Kier alpha value is -1.35. The summed E-state index contributed by atoms with van der Waals surface area (Å²) in [7, 11) is 1.35. The highest BCUT2D eigenvalue weighted by molar-refractivity contribution is 5.74. The molecule has 3 nitrogen and oxygen atoms in total. The van der Waals surface area contributed by atoms with Gasteiger partial charge in [0.15, 0.2) is 0 Å². The van der Waals surface area contributed by atoms with Crippen LogP contribution < -0.4 is 0 Å². The van der Waals surface area contributed by atoms with Gasteiger partial charge in [0.2, 0.25) is 0 Å². The number of carbonyl (C=O) groups is 1. The van der Waals surface area contributed by atoms with Crippen molar-refractivity contribution in [1.82, 2.24) is 0 Å². The second-order valence-corrected chi connectivity index (χ2v) is 4.45. The first kappa shape index (κ1) is 13.7. The standard InChI is InChI=1S/C14H20O3/c1-5-11(13(15)17-4)14(3,16)12-9-7-6-8-10(12)2/h6-9,11,16H,5H2,1-4H3. The molecule has 0 heterocycles. The normalized spacial score (nSPS) is 16.1. The number of benzene rings is 1. The lowest BCUT2D eigenvalue weighted by molar-refractivity contribution is -0.155. The van der Waals surface area contributed by atoms with Crippen LogP contribution in [0.4, 0.5) is 0 Å². The Morgan fingerprint density at radius 3 is 2.53 bits per heavy atom. The smallest absolute Gasteiger partial charge is 0.311 e. The predicted octanol–water partition coefficient (Wildman–Crippen LogP) is 2.40. The molecule has 1 N–H and O–H groups in total. The zero-order chi connectivity index (χ0) is 13.1. The Morgan fingerprint density at radius 1 is 1.47 bits per heavy atom. The van der Waals surface area contributed by atoms with Crippen LogP contribution in [0.15, 0.2) is 24.3 Å². The van der Waals surface area contributed by atoms with Crippen LogP contribution in [0.1, 0.15) is 31.4 Å². The van der Waals surface area contributed by atoms with Crippen molar-refractivity contribution in [3.8, 4) is 0 Å². The minimum Gasteiger partial charge on any atom is -0.469 e. The number of esters is 1.